The van der Waals surface area contributed by atoms with Crippen molar-refractivity contribution in [2.75, 3.05) is 41.3 Å². The molecule has 0 N–H and O–H groups in total. The fourth-order valence-corrected chi connectivity index (χ4v) is 8.43. The highest BCUT2D eigenvalue weighted by Gasteiger charge is 2.40. The molecule has 2 aromatic carbocycles. The van der Waals surface area contributed by atoms with E-state index in [2.05, 4.69) is 0 Å². The smallest absolute Gasteiger partial charge is 0.329 e. The van der Waals surface area contributed by atoms with E-state index in [-0.39, 0.29) is 62.4 Å². The van der Waals surface area contributed by atoms with E-state index in [4.69, 9.17) is 18.9 Å². The molecule has 0 aromatic heterocycles. The van der Waals surface area contributed by atoms with Crippen LogP contribution in [-0.4, -0.2) is 145 Å². The number of hydrogen-bond acceptors (Lipinski definition) is 12. The first-order chi connectivity index (χ1) is 31.0. The van der Waals surface area contributed by atoms with Crippen LogP contribution in [0.4, 0.5) is 0 Å². The van der Waals surface area contributed by atoms with E-state index in [9.17, 15) is 28.8 Å². The van der Waals surface area contributed by atoms with Crippen LogP contribution < -0.4 is 0 Å². The zero-order valence-corrected chi connectivity index (χ0v) is 42.2. The molecule has 8 unspecified atom stereocenters. The van der Waals surface area contributed by atoms with Crippen molar-refractivity contribution in [3.63, 3.8) is 0 Å². The molecule has 3 rings (SSSR count). The number of hydrogen-bond donors (Lipinski definition) is 0. The van der Waals surface area contributed by atoms with Gasteiger partial charge in [0.25, 0.3) is 11.8 Å². The molecule has 2 amide bonds. The molecule has 1 aliphatic heterocycles. The lowest BCUT2D eigenvalue weighted by Gasteiger charge is -2.35. The van der Waals surface area contributed by atoms with Crippen molar-refractivity contribution in [1.29, 1.82) is 0 Å². The molecule has 1 heterocycles. The lowest BCUT2D eigenvalue weighted by molar-refractivity contribution is -0.171. The predicted octanol–water partition coefficient (Wildman–Crippen LogP) is 6.61. The number of cyclic esters (lactones) is 4. The third-order valence-corrected chi connectivity index (χ3v) is 11.9. The maximum absolute atomic E-state index is 14.6. The van der Waals surface area contributed by atoms with Crippen LogP contribution in [0.2, 0.25) is 0 Å². The Bertz CT molecular complexity index is 1720. The molecule has 0 bridgehead atoms. The molecule has 1 fully saturated rings. The van der Waals surface area contributed by atoms with Gasteiger partial charge in [-0.15, -0.1) is 0 Å². The van der Waals surface area contributed by atoms with Crippen LogP contribution in [0.25, 0.3) is 0 Å². The van der Waals surface area contributed by atoms with E-state index < -0.39 is 84.3 Å². The first-order valence-electron chi connectivity index (χ1n) is 23.8. The van der Waals surface area contributed by atoms with Crippen molar-refractivity contribution in [1.82, 2.24) is 19.6 Å². The number of ether oxygens (including phenoxy) is 4. The van der Waals surface area contributed by atoms with Gasteiger partial charge in [0, 0.05) is 40.0 Å². The van der Waals surface area contributed by atoms with E-state index in [1.54, 1.807) is 37.7 Å². The van der Waals surface area contributed by atoms with Gasteiger partial charge in [-0.2, -0.15) is 0 Å². The number of esters is 4. The molecule has 14 heteroatoms. The number of amides is 2. The Labute approximate surface area is 395 Å². The van der Waals surface area contributed by atoms with Crippen molar-refractivity contribution in [2.45, 2.75) is 156 Å². The summed E-state index contributed by atoms with van der Waals surface area (Å²) in [4.78, 5) is 92.7. The zero-order chi connectivity index (χ0) is 49.4. The Morgan fingerprint density at radius 1 is 0.439 bits per heavy atom. The first kappa shape index (κ1) is 55.5. The number of nitrogens with zero attached hydrogens (tertiary/aromatic N) is 4. The molecule has 1 aliphatic rings. The summed E-state index contributed by atoms with van der Waals surface area (Å²) in [5.41, 5.74) is 1.53. The van der Waals surface area contributed by atoms with Crippen LogP contribution >= 0.6 is 0 Å². The molecule has 0 saturated carbocycles. The van der Waals surface area contributed by atoms with Crippen LogP contribution in [-0.2, 0) is 60.6 Å². The number of rotatable bonds is 12. The van der Waals surface area contributed by atoms with Crippen LogP contribution in [0, 0.1) is 23.7 Å². The minimum absolute atomic E-state index is 0.0191. The molecule has 2 aromatic rings. The van der Waals surface area contributed by atoms with Gasteiger partial charge in [0.05, 0.1) is 0 Å². The van der Waals surface area contributed by atoms with Gasteiger partial charge < -0.3 is 28.7 Å². The summed E-state index contributed by atoms with van der Waals surface area (Å²) in [5.74, 6) is -3.57. The molecule has 0 spiro atoms. The lowest BCUT2D eigenvalue weighted by Crippen LogP contribution is -2.53. The zero-order valence-electron chi connectivity index (χ0n) is 42.2. The molecule has 0 aliphatic carbocycles. The maximum Gasteiger partial charge on any atom is 0.329 e. The van der Waals surface area contributed by atoms with E-state index >= 15 is 0 Å². The predicted molar refractivity (Wildman–Crippen MR) is 255 cm³/mol. The number of likely N-dealkylation sites (N-methyl/N-ethyl adjacent to an activating group) is 4. The summed E-state index contributed by atoms with van der Waals surface area (Å²) in [7, 11) is 6.55. The molecule has 14 nitrogen and oxygen atoms in total. The van der Waals surface area contributed by atoms with Crippen molar-refractivity contribution in [2.24, 2.45) is 23.7 Å². The summed E-state index contributed by atoms with van der Waals surface area (Å²) < 4.78 is 24.6. The van der Waals surface area contributed by atoms with Gasteiger partial charge in [-0.25, -0.2) is 9.59 Å². The topological polar surface area (TPSA) is 152 Å². The molecule has 0 radical (unpaired) electrons. The van der Waals surface area contributed by atoms with Gasteiger partial charge in [-0.3, -0.25) is 29.0 Å². The Morgan fingerprint density at radius 2 is 0.712 bits per heavy atom. The normalized spacial score (nSPS) is 26.1. The SMILES string of the molecule is CC(C)CC1C(=O)OC(Cc2ccccc2)C(=O)N(C)C(CC(C)C)C(=O)OC(C)CN(C)C(CC(C)C)C(=O)OC(Cc2ccccc2)C(=O)N(C)C(CC(C)C)C(=O)OC(C)CN1C. The largest absolute Gasteiger partial charge is 0.460 e. The Hall–Kier alpha value is -4.82. The maximum atomic E-state index is 14.6. The molecule has 1 saturated heterocycles. The van der Waals surface area contributed by atoms with Crippen LogP contribution in [0.3, 0.4) is 0 Å². The lowest BCUT2D eigenvalue weighted by atomic mass is 10.00. The second-order valence-electron chi connectivity index (χ2n) is 20.1. The quantitative estimate of drug-likeness (QED) is 0.166. The van der Waals surface area contributed by atoms with E-state index in [1.165, 1.54) is 23.9 Å². The van der Waals surface area contributed by atoms with Gasteiger partial charge in [-0.05, 0) is 88.4 Å². The summed E-state index contributed by atoms with van der Waals surface area (Å²) >= 11 is 0. The van der Waals surface area contributed by atoms with Crippen molar-refractivity contribution < 1.29 is 47.7 Å². The fourth-order valence-electron chi connectivity index (χ4n) is 8.43. The summed E-state index contributed by atoms with van der Waals surface area (Å²) in [5, 5.41) is 0. The molecule has 66 heavy (non-hydrogen) atoms. The van der Waals surface area contributed by atoms with Crippen LogP contribution in [0.5, 0.6) is 0 Å². The highest BCUT2D eigenvalue weighted by molar-refractivity contribution is 5.90. The van der Waals surface area contributed by atoms with Gasteiger partial charge in [0.2, 0.25) is 0 Å². The number of carbonyl (C=O) groups excluding carboxylic acids is 6. The average Bonchev–Trinajstić information content (AvgIpc) is 3.23. The highest BCUT2D eigenvalue weighted by Crippen LogP contribution is 2.23. The Balaban J connectivity index is 2.17. The van der Waals surface area contributed by atoms with E-state index in [0.717, 1.165) is 11.1 Å². The summed E-state index contributed by atoms with van der Waals surface area (Å²) in [6, 6.07) is 14.8. The van der Waals surface area contributed by atoms with Gasteiger partial charge in [0.1, 0.15) is 36.4 Å². The minimum Gasteiger partial charge on any atom is -0.460 e. The fraction of sp³-hybridized carbons (Fsp3) is 0.654. The standard InChI is InChI=1S/C52H80N4O10/c1-33(2)25-41-49(59)65-45(29-39-21-17-15-18-22-39)47(57)55(13)44(28-36(7)8)52(62)64-38(10)32-54(12)42(26-34(3)4)50(60)66-46(30-40-23-19-16-20-24-40)48(58)56(14)43(27-35(5)6)51(61)63-37(9)31-53(41)11/h15-24,33-38,41-46H,25-32H2,1-14H3. The molecular formula is C52H80N4O10. The highest BCUT2D eigenvalue weighted by atomic mass is 16.6. The van der Waals surface area contributed by atoms with Crippen LogP contribution in [0.1, 0.15) is 106 Å². The minimum atomic E-state index is -1.28. The number of benzene rings is 2. The molecular weight excluding hydrogens is 841 g/mol. The van der Waals surface area contributed by atoms with Gasteiger partial charge >= 0.3 is 23.9 Å². The van der Waals surface area contributed by atoms with Crippen molar-refractivity contribution in [3.05, 3.63) is 71.8 Å². The van der Waals surface area contributed by atoms with E-state index in [1.807, 2.05) is 116 Å². The Kier molecular flexibility index (Phi) is 22.3. The van der Waals surface area contributed by atoms with Gasteiger partial charge in [0.15, 0.2) is 12.2 Å². The van der Waals surface area contributed by atoms with E-state index in [0.29, 0.717) is 12.8 Å². The van der Waals surface area contributed by atoms with Crippen LogP contribution in [0.15, 0.2) is 60.7 Å². The summed E-state index contributed by atoms with van der Waals surface area (Å²) in [6.45, 7) is 19.4. The first-order valence-corrected chi connectivity index (χ1v) is 23.8. The molecule has 368 valence electrons. The molecule has 8 atom stereocenters. The van der Waals surface area contributed by atoms with Crippen molar-refractivity contribution in [3.8, 4) is 0 Å². The summed E-state index contributed by atoms with van der Waals surface area (Å²) in [6.07, 6.45) is -2.61. The average molecular weight is 921 g/mol. The Morgan fingerprint density at radius 3 is 1.00 bits per heavy atom. The number of carbonyl (C=O) groups is 6. The monoisotopic (exact) mass is 921 g/mol. The third-order valence-electron chi connectivity index (χ3n) is 11.9. The third kappa shape index (κ3) is 17.4. The van der Waals surface area contributed by atoms with Crippen molar-refractivity contribution >= 4 is 35.7 Å². The second kappa shape index (κ2) is 26.5. The van der Waals surface area contributed by atoms with Gasteiger partial charge in [-0.1, -0.05) is 116 Å². The second-order valence-corrected chi connectivity index (χ2v) is 20.1.